The number of hydrogen-bond acceptors (Lipinski definition) is 4. The smallest absolute Gasteiger partial charge is 0.240 e. The lowest BCUT2D eigenvalue weighted by Gasteiger charge is -2.09. The van der Waals surface area contributed by atoms with Crippen LogP contribution in [-0.2, 0) is 10.0 Å². The molecule has 1 aromatic carbocycles. The van der Waals surface area contributed by atoms with Gasteiger partial charge in [-0.05, 0) is 30.5 Å². The number of methoxy groups -OCH3 is 1. The van der Waals surface area contributed by atoms with Gasteiger partial charge in [0.2, 0.25) is 10.0 Å². The highest BCUT2D eigenvalue weighted by atomic mass is 32.2. The van der Waals surface area contributed by atoms with Crippen LogP contribution in [0.2, 0.25) is 0 Å². The van der Waals surface area contributed by atoms with Crippen LogP contribution in [0, 0.1) is 17.8 Å². The van der Waals surface area contributed by atoms with Crippen molar-refractivity contribution in [1.82, 2.24) is 4.72 Å². The fourth-order valence-electron chi connectivity index (χ4n) is 1.99. The van der Waals surface area contributed by atoms with Crippen LogP contribution in [0.25, 0.3) is 0 Å². The molecule has 1 saturated carbocycles. The van der Waals surface area contributed by atoms with E-state index < -0.39 is 10.0 Å². The molecule has 1 aliphatic carbocycles. The van der Waals surface area contributed by atoms with Gasteiger partial charge in [0.1, 0.15) is 5.75 Å². The van der Waals surface area contributed by atoms with Gasteiger partial charge in [-0.1, -0.05) is 24.7 Å². The molecule has 0 saturated heterocycles. The molecule has 0 amide bonds. The van der Waals surface area contributed by atoms with Crippen molar-refractivity contribution in [3.8, 4) is 17.6 Å². The maximum atomic E-state index is 12.2. The van der Waals surface area contributed by atoms with Crippen molar-refractivity contribution in [3.05, 3.63) is 23.8 Å². The summed E-state index contributed by atoms with van der Waals surface area (Å²) in [4.78, 5) is 0.195. The van der Waals surface area contributed by atoms with Gasteiger partial charge in [-0.25, -0.2) is 13.1 Å². The number of rotatable bonds is 6. The molecule has 0 radical (unpaired) electrons. The highest BCUT2D eigenvalue weighted by Gasteiger charge is 2.22. The van der Waals surface area contributed by atoms with Gasteiger partial charge in [-0.15, -0.1) is 0 Å². The Kier molecular flexibility index (Phi) is 5.23. The Morgan fingerprint density at radius 1 is 1.43 bits per heavy atom. The molecule has 1 aliphatic rings. The predicted octanol–water partition coefficient (Wildman–Crippen LogP) is 1.08. The minimum absolute atomic E-state index is 0.195. The normalized spacial score (nSPS) is 14.4. The zero-order valence-electron chi connectivity index (χ0n) is 12.1. The first-order chi connectivity index (χ1) is 10.1. The molecule has 2 rings (SSSR count). The highest BCUT2D eigenvalue weighted by Crippen LogP contribution is 2.31. The number of nitrogens with two attached hydrogens (primary N) is 1. The monoisotopic (exact) mass is 308 g/mol. The standard InChI is InChI=1S/C15H20N2O3S/c1-20-15-7-6-14(11-13(15)3-2-9-16)21(18,19)17-10-8-12-4-5-12/h6-7,11-12,17H,4-5,8-10,16H2,1H3. The van der Waals surface area contributed by atoms with E-state index in [0.29, 0.717) is 23.8 Å². The molecule has 3 N–H and O–H groups in total. The van der Waals surface area contributed by atoms with Gasteiger partial charge in [-0.2, -0.15) is 0 Å². The number of hydrogen-bond donors (Lipinski definition) is 2. The molecule has 0 aromatic heterocycles. The van der Waals surface area contributed by atoms with Crippen molar-refractivity contribution in [1.29, 1.82) is 0 Å². The maximum Gasteiger partial charge on any atom is 0.240 e. The van der Waals surface area contributed by atoms with Crippen molar-refractivity contribution in [2.24, 2.45) is 11.7 Å². The molecule has 5 nitrogen and oxygen atoms in total. The minimum Gasteiger partial charge on any atom is -0.495 e. The van der Waals surface area contributed by atoms with Crippen LogP contribution in [0.15, 0.2) is 23.1 Å². The Balaban J connectivity index is 2.16. The molecule has 0 atom stereocenters. The van der Waals surface area contributed by atoms with E-state index in [4.69, 9.17) is 10.5 Å². The van der Waals surface area contributed by atoms with Gasteiger partial charge < -0.3 is 10.5 Å². The van der Waals surface area contributed by atoms with Crippen LogP contribution >= 0.6 is 0 Å². The van der Waals surface area contributed by atoms with E-state index in [0.717, 1.165) is 6.42 Å². The second-order valence-electron chi connectivity index (χ2n) is 5.00. The summed E-state index contributed by atoms with van der Waals surface area (Å²) in [6.07, 6.45) is 3.32. The SMILES string of the molecule is COc1ccc(S(=O)(=O)NCCC2CC2)cc1C#CCN. The molecule has 0 unspecified atom stereocenters. The summed E-state index contributed by atoms with van der Waals surface area (Å²) in [5, 5.41) is 0. The predicted molar refractivity (Wildman–Crippen MR) is 81.5 cm³/mol. The van der Waals surface area contributed by atoms with E-state index in [1.54, 1.807) is 6.07 Å². The summed E-state index contributed by atoms with van der Waals surface area (Å²) in [6, 6.07) is 4.64. The summed E-state index contributed by atoms with van der Waals surface area (Å²) in [5.74, 6) is 6.76. The van der Waals surface area contributed by atoms with Crippen molar-refractivity contribution in [3.63, 3.8) is 0 Å². The highest BCUT2D eigenvalue weighted by molar-refractivity contribution is 7.89. The van der Waals surface area contributed by atoms with Gasteiger partial charge in [0.15, 0.2) is 0 Å². The second-order valence-corrected chi connectivity index (χ2v) is 6.76. The lowest BCUT2D eigenvalue weighted by atomic mass is 10.2. The Hall–Kier alpha value is -1.55. The molecule has 0 bridgehead atoms. The minimum atomic E-state index is -3.51. The average molecular weight is 308 g/mol. The molecular formula is C15H20N2O3S. The van der Waals surface area contributed by atoms with E-state index in [1.165, 1.54) is 32.1 Å². The van der Waals surface area contributed by atoms with Crippen LogP contribution in [0.1, 0.15) is 24.8 Å². The van der Waals surface area contributed by atoms with Crippen molar-refractivity contribution < 1.29 is 13.2 Å². The first-order valence-corrected chi connectivity index (χ1v) is 8.42. The molecule has 6 heteroatoms. The summed E-state index contributed by atoms with van der Waals surface area (Å²) < 4.78 is 32.3. The quantitative estimate of drug-likeness (QED) is 0.771. The molecular weight excluding hydrogens is 288 g/mol. The number of sulfonamides is 1. The third kappa shape index (κ3) is 4.46. The van der Waals surface area contributed by atoms with Crippen LogP contribution < -0.4 is 15.2 Å². The Morgan fingerprint density at radius 3 is 2.81 bits per heavy atom. The van der Waals surface area contributed by atoms with Crippen LogP contribution in [0.5, 0.6) is 5.75 Å². The van der Waals surface area contributed by atoms with Crippen molar-refractivity contribution >= 4 is 10.0 Å². The zero-order valence-corrected chi connectivity index (χ0v) is 12.9. The third-order valence-corrected chi connectivity index (χ3v) is 4.81. The molecule has 1 fully saturated rings. The van der Waals surface area contributed by atoms with E-state index in [-0.39, 0.29) is 11.4 Å². The van der Waals surface area contributed by atoms with Gasteiger partial charge in [0, 0.05) is 6.54 Å². The lowest BCUT2D eigenvalue weighted by molar-refractivity contribution is 0.413. The van der Waals surface area contributed by atoms with Gasteiger partial charge >= 0.3 is 0 Å². The van der Waals surface area contributed by atoms with E-state index in [9.17, 15) is 8.42 Å². The fraction of sp³-hybridized carbons (Fsp3) is 0.467. The third-order valence-electron chi connectivity index (χ3n) is 3.35. The summed E-state index contributed by atoms with van der Waals surface area (Å²) in [5.41, 5.74) is 5.87. The number of benzene rings is 1. The topological polar surface area (TPSA) is 81.4 Å². The molecule has 21 heavy (non-hydrogen) atoms. The maximum absolute atomic E-state index is 12.2. The Morgan fingerprint density at radius 2 is 2.19 bits per heavy atom. The van der Waals surface area contributed by atoms with E-state index in [1.807, 2.05) is 0 Å². The summed E-state index contributed by atoms with van der Waals surface area (Å²) in [6.45, 7) is 0.683. The number of nitrogens with one attached hydrogen (secondary N) is 1. The first-order valence-electron chi connectivity index (χ1n) is 6.93. The fourth-order valence-corrected chi connectivity index (χ4v) is 3.06. The lowest BCUT2D eigenvalue weighted by Crippen LogP contribution is -2.25. The average Bonchev–Trinajstić information content (AvgIpc) is 3.28. The van der Waals surface area contributed by atoms with Crippen LogP contribution in [-0.4, -0.2) is 28.6 Å². The summed E-state index contributed by atoms with van der Waals surface area (Å²) in [7, 11) is -1.99. The first kappa shape index (κ1) is 15.8. The zero-order chi connectivity index (χ0) is 15.3. The Labute approximate surface area is 125 Å². The van der Waals surface area contributed by atoms with E-state index in [2.05, 4.69) is 16.6 Å². The van der Waals surface area contributed by atoms with Crippen molar-refractivity contribution in [2.45, 2.75) is 24.2 Å². The van der Waals surface area contributed by atoms with Gasteiger partial charge in [-0.3, -0.25) is 0 Å². The molecule has 1 aromatic rings. The van der Waals surface area contributed by atoms with Crippen LogP contribution in [0.3, 0.4) is 0 Å². The molecule has 0 aliphatic heterocycles. The Bertz CT molecular complexity index is 655. The summed E-state index contributed by atoms with van der Waals surface area (Å²) >= 11 is 0. The molecule has 0 spiro atoms. The van der Waals surface area contributed by atoms with Gasteiger partial charge in [0.25, 0.3) is 0 Å². The molecule has 0 heterocycles. The number of ether oxygens (including phenoxy) is 1. The van der Waals surface area contributed by atoms with Crippen molar-refractivity contribution in [2.75, 3.05) is 20.2 Å². The van der Waals surface area contributed by atoms with Crippen LogP contribution in [0.4, 0.5) is 0 Å². The van der Waals surface area contributed by atoms with Gasteiger partial charge in [0.05, 0.1) is 24.1 Å². The molecule has 114 valence electrons. The van der Waals surface area contributed by atoms with E-state index >= 15 is 0 Å². The largest absolute Gasteiger partial charge is 0.495 e. The second kappa shape index (κ2) is 6.94.